The summed E-state index contributed by atoms with van der Waals surface area (Å²) in [4.78, 5) is 10.9. The summed E-state index contributed by atoms with van der Waals surface area (Å²) in [5.41, 5.74) is 5.55. The van der Waals surface area contributed by atoms with Gasteiger partial charge in [0.05, 0.1) is 0 Å². The van der Waals surface area contributed by atoms with Gasteiger partial charge in [0.15, 0.2) is 0 Å². The van der Waals surface area contributed by atoms with E-state index in [4.69, 9.17) is 0 Å². The fraction of sp³-hybridized carbons (Fsp3) is 0.500. The molecule has 0 aromatic rings. The van der Waals surface area contributed by atoms with E-state index in [9.17, 15) is 4.79 Å². The number of amides is 1. The van der Waals surface area contributed by atoms with Gasteiger partial charge in [0.2, 0.25) is 5.91 Å². The smallest absolute Gasteiger partial charge is 0.233 e. The van der Waals surface area contributed by atoms with E-state index in [0.717, 1.165) is 12.8 Å². The maximum atomic E-state index is 10.9. The van der Waals surface area contributed by atoms with E-state index in [1.165, 1.54) is 0 Å². The lowest BCUT2D eigenvalue weighted by Gasteiger charge is -2.15. The van der Waals surface area contributed by atoms with Gasteiger partial charge in [-0.25, -0.2) is 5.43 Å². The molecule has 0 aromatic carbocycles. The quantitative estimate of drug-likeness (QED) is 0.463. The number of carbonyl (C=O) groups excluding carboxylic acids is 1. The molecular formula is C10H18N2O. The van der Waals surface area contributed by atoms with Crippen molar-refractivity contribution in [2.75, 3.05) is 0 Å². The summed E-state index contributed by atoms with van der Waals surface area (Å²) in [7, 11) is 0. The Morgan fingerprint density at radius 3 is 2.31 bits per heavy atom. The van der Waals surface area contributed by atoms with E-state index in [1.54, 1.807) is 0 Å². The first-order chi connectivity index (χ1) is 6.24. The summed E-state index contributed by atoms with van der Waals surface area (Å²) in [5.74, 6) is -0.00174. The summed E-state index contributed by atoms with van der Waals surface area (Å²) < 4.78 is 0. The summed E-state index contributed by atoms with van der Waals surface area (Å²) in [6, 6.07) is 0.200. The number of carbonyl (C=O) groups is 1. The van der Waals surface area contributed by atoms with Crippen LogP contribution in [0.5, 0.6) is 0 Å². The van der Waals surface area contributed by atoms with Gasteiger partial charge in [-0.2, -0.15) is 0 Å². The van der Waals surface area contributed by atoms with Gasteiger partial charge in [-0.05, 0) is 12.8 Å². The van der Waals surface area contributed by atoms with Crippen LogP contribution in [0.25, 0.3) is 0 Å². The van der Waals surface area contributed by atoms with Crippen molar-refractivity contribution < 1.29 is 4.79 Å². The van der Waals surface area contributed by atoms with Gasteiger partial charge < -0.3 is 0 Å². The van der Waals surface area contributed by atoms with Crippen LogP contribution in [0.15, 0.2) is 25.3 Å². The van der Waals surface area contributed by atoms with Gasteiger partial charge in [-0.3, -0.25) is 10.2 Å². The number of hydrogen-bond donors (Lipinski definition) is 2. The predicted molar refractivity (Wildman–Crippen MR) is 55.0 cm³/mol. The minimum absolute atomic E-state index is 0.00174. The molecule has 3 nitrogen and oxygen atoms in total. The van der Waals surface area contributed by atoms with Crippen LogP contribution in [-0.2, 0) is 4.79 Å². The number of hydrogen-bond acceptors (Lipinski definition) is 2. The van der Waals surface area contributed by atoms with E-state index >= 15 is 0 Å². The lowest BCUT2D eigenvalue weighted by Crippen LogP contribution is -2.43. The summed E-state index contributed by atoms with van der Waals surface area (Å²) in [6.07, 6.45) is 5.76. The molecule has 0 spiro atoms. The van der Waals surface area contributed by atoms with Crippen LogP contribution in [-0.4, -0.2) is 11.9 Å². The van der Waals surface area contributed by atoms with Gasteiger partial charge in [0.25, 0.3) is 0 Å². The zero-order valence-electron chi connectivity index (χ0n) is 8.18. The van der Waals surface area contributed by atoms with Gasteiger partial charge in [0, 0.05) is 12.5 Å². The molecule has 0 aliphatic carbocycles. The molecule has 0 saturated heterocycles. The Morgan fingerprint density at radius 1 is 1.38 bits per heavy atom. The van der Waals surface area contributed by atoms with Crippen LogP contribution in [0, 0.1) is 0 Å². The Morgan fingerprint density at radius 2 is 1.92 bits per heavy atom. The van der Waals surface area contributed by atoms with Crippen molar-refractivity contribution >= 4 is 5.91 Å². The Hall–Kier alpha value is -1.09. The fourth-order valence-electron chi connectivity index (χ4n) is 0.887. The van der Waals surface area contributed by atoms with E-state index in [-0.39, 0.29) is 11.9 Å². The maximum Gasteiger partial charge on any atom is 0.233 e. The minimum Gasteiger partial charge on any atom is -0.291 e. The zero-order valence-corrected chi connectivity index (χ0v) is 8.18. The monoisotopic (exact) mass is 182 g/mol. The van der Waals surface area contributed by atoms with E-state index in [0.29, 0.717) is 6.42 Å². The number of nitrogens with one attached hydrogen (secondary N) is 2. The molecule has 0 aromatic heterocycles. The van der Waals surface area contributed by atoms with Crippen molar-refractivity contribution in [1.29, 1.82) is 0 Å². The van der Waals surface area contributed by atoms with Crippen LogP contribution >= 0.6 is 0 Å². The number of hydrazine groups is 1. The molecule has 2 N–H and O–H groups in total. The molecule has 0 heterocycles. The molecule has 0 bridgehead atoms. The van der Waals surface area contributed by atoms with Crippen LogP contribution in [0.1, 0.15) is 26.2 Å². The maximum absolute atomic E-state index is 10.9. The van der Waals surface area contributed by atoms with E-state index < -0.39 is 0 Å². The van der Waals surface area contributed by atoms with Crippen molar-refractivity contribution in [2.45, 2.75) is 32.2 Å². The average molecular weight is 182 g/mol. The molecule has 0 saturated carbocycles. The largest absolute Gasteiger partial charge is 0.291 e. The molecule has 74 valence electrons. The summed E-state index contributed by atoms with van der Waals surface area (Å²) >= 11 is 0. The molecule has 13 heavy (non-hydrogen) atoms. The van der Waals surface area contributed by atoms with E-state index in [2.05, 4.69) is 24.0 Å². The molecule has 0 atom stereocenters. The van der Waals surface area contributed by atoms with Crippen LogP contribution < -0.4 is 10.9 Å². The molecule has 0 aliphatic rings. The molecule has 0 unspecified atom stereocenters. The normalized spacial score (nSPS) is 9.69. The standard InChI is InChI=1S/C10H18N2O/c1-4-7-9(8-5-2)11-12-10(13)6-3/h4-5,9,11H,1-2,6-8H2,3H3,(H,12,13). The minimum atomic E-state index is -0.00174. The highest BCUT2D eigenvalue weighted by Gasteiger charge is 2.04. The van der Waals surface area contributed by atoms with Gasteiger partial charge in [-0.15, -0.1) is 13.2 Å². The third-order valence-corrected chi connectivity index (χ3v) is 1.64. The Bertz CT molecular complexity index is 168. The van der Waals surface area contributed by atoms with Crippen molar-refractivity contribution in [3.05, 3.63) is 25.3 Å². The van der Waals surface area contributed by atoms with Crippen LogP contribution in [0.2, 0.25) is 0 Å². The van der Waals surface area contributed by atoms with Crippen molar-refractivity contribution in [1.82, 2.24) is 10.9 Å². The second kappa shape index (κ2) is 7.55. The molecule has 3 heteroatoms. The highest BCUT2D eigenvalue weighted by atomic mass is 16.2. The van der Waals surface area contributed by atoms with E-state index in [1.807, 2.05) is 19.1 Å². The number of rotatable bonds is 7. The Kier molecular flexibility index (Phi) is 6.92. The highest BCUT2D eigenvalue weighted by Crippen LogP contribution is 1.97. The Balaban J connectivity index is 3.73. The predicted octanol–water partition coefficient (Wildman–Crippen LogP) is 1.54. The average Bonchev–Trinajstić information content (AvgIpc) is 2.14. The second-order valence-electron chi connectivity index (χ2n) is 2.79. The lowest BCUT2D eigenvalue weighted by molar-refractivity contribution is -0.122. The molecule has 0 aliphatic heterocycles. The van der Waals surface area contributed by atoms with Gasteiger partial charge >= 0.3 is 0 Å². The zero-order chi connectivity index (χ0) is 10.1. The van der Waals surface area contributed by atoms with Crippen LogP contribution in [0.3, 0.4) is 0 Å². The van der Waals surface area contributed by atoms with Crippen molar-refractivity contribution in [3.63, 3.8) is 0 Å². The fourth-order valence-corrected chi connectivity index (χ4v) is 0.887. The first-order valence-corrected chi connectivity index (χ1v) is 4.50. The molecule has 0 rings (SSSR count). The second-order valence-corrected chi connectivity index (χ2v) is 2.79. The Labute approximate surface area is 79.9 Å². The third kappa shape index (κ3) is 6.11. The molecule has 0 fully saturated rings. The topological polar surface area (TPSA) is 41.1 Å². The first-order valence-electron chi connectivity index (χ1n) is 4.50. The van der Waals surface area contributed by atoms with Crippen LogP contribution in [0.4, 0.5) is 0 Å². The molecule has 0 radical (unpaired) electrons. The third-order valence-electron chi connectivity index (χ3n) is 1.64. The van der Waals surface area contributed by atoms with Gasteiger partial charge in [-0.1, -0.05) is 19.1 Å². The SMILES string of the molecule is C=CCC(CC=C)NNC(=O)CC. The first kappa shape index (κ1) is 11.9. The van der Waals surface area contributed by atoms with Crippen molar-refractivity contribution in [3.8, 4) is 0 Å². The summed E-state index contributed by atoms with van der Waals surface area (Å²) in [5, 5.41) is 0. The summed E-state index contributed by atoms with van der Waals surface area (Å²) in [6.45, 7) is 9.10. The molecular weight excluding hydrogens is 164 g/mol. The van der Waals surface area contributed by atoms with Crippen molar-refractivity contribution in [2.24, 2.45) is 0 Å². The van der Waals surface area contributed by atoms with Gasteiger partial charge in [0.1, 0.15) is 0 Å². The molecule has 1 amide bonds. The lowest BCUT2D eigenvalue weighted by atomic mass is 10.1. The highest BCUT2D eigenvalue weighted by molar-refractivity contribution is 5.74.